The highest BCUT2D eigenvalue weighted by Crippen LogP contribution is 2.21. The molecular formula is C12H16N2O2. The van der Waals surface area contributed by atoms with Crippen LogP contribution in [0.2, 0.25) is 0 Å². The largest absolute Gasteiger partial charge is 0.423 e. The average molecular weight is 220 g/mol. The van der Waals surface area contributed by atoms with Gasteiger partial charge in [-0.15, -0.1) is 0 Å². The Morgan fingerprint density at radius 1 is 1.38 bits per heavy atom. The first-order valence-electron chi connectivity index (χ1n) is 5.56. The number of anilines is 1. The van der Waals surface area contributed by atoms with Crippen molar-refractivity contribution in [1.29, 1.82) is 0 Å². The van der Waals surface area contributed by atoms with Crippen LogP contribution in [-0.4, -0.2) is 29.8 Å². The van der Waals surface area contributed by atoms with Crippen molar-refractivity contribution in [3.8, 4) is 0 Å². The normalized spacial score (nSPS) is 10.9. The predicted octanol–water partition coefficient (Wildman–Crippen LogP) is 2.04. The van der Waals surface area contributed by atoms with Crippen LogP contribution in [0.25, 0.3) is 11.1 Å². The van der Waals surface area contributed by atoms with E-state index in [4.69, 9.17) is 9.52 Å². The van der Waals surface area contributed by atoms with Gasteiger partial charge >= 0.3 is 0 Å². The zero-order valence-corrected chi connectivity index (χ0v) is 9.39. The van der Waals surface area contributed by atoms with Crippen LogP contribution < -0.4 is 4.90 Å². The molecule has 0 aliphatic heterocycles. The molecule has 0 aliphatic rings. The zero-order valence-electron chi connectivity index (χ0n) is 9.39. The fourth-order valence-corrected chi connectivity index (χ4v) is 1.65. The van der Waals surface area contributed by atoms with E-state index in [1.807, 2.05) is 36.1 Å². The topological polar surface area (TPSA) is 49.5 Å². The number of aliphatic hydroxyl groups excluding tert-OH is 1. The molecule has 0 saturated heterocycles. The van der Waals surface area contributed by atoms with Crippen molar-refractivity contribution in [2.24, 2.45) is 0 Å². The van der Waals surface area contributed by atoms with Crippen LogP contribution >= 0.6 is 0 Å². The third kappa shape index (κ3) is 2.17. The molecule has 4 heteroatoms. The van der Waals surface area contributed by atoms with Crippen LogP contribution in [0.5, 0.6) is 0 Å². The molecule has 0 atom stereocenters. The summed E-state index contributed by atoms with van der Waals surface area (Å²) in [4.78, 5) is 6.44. The summed E-state index contributed by atoms with van der Waals surface area (Å²) in [6.07, 6.45) is 0.729. The number of aliphatic hydroxyl groups is 1. The van der Waals surface area contributed by atoms with Crippen LogP contribution in [0.3, 0.4) is 0 Å². The maximum atomic E-state index is 8.82. The summed E-state index contributed by atoms with van der Waals surface area (Å²) in [6.45, 7) is 3.83. The summed E-state index contributed by atoms with van der Waals surface area (Å²) >= 11 is 0. The van der Waals surface area contributed by atoms with Gasteiger partial charge in [-0.05, 0) is 25.5 Å². The number of para-hydroxylation sites is 2. The van der Waals surface area contributed by atoms with Gasteiger partial charge in [-0.1, -0.05) is 12.1 Å². The van der Waals surface area contributed by atoms with Gasteiger partial charge in [-0.2, -0.15) is 4.98 Å². The molecule has 0 amide bonds. The number of benzene rings is 1. The summed E-state index contributed by atoms with van der Waals surface area (Å²) in [5.74, 6) is 0. The lowest BCUT2D eigenvalue weighted by Gasteiger charge is -2.17. The maximum absolute atomic E-state index is 8.82. The predicted molar refractivity (Wildman–Crippen MR) is 63.6 cm³/mol. The lowest BCUT2D eigenvalue weighted by molar-refractivity contribution is 0.289. The van der Waals surface area contributed by atoms with Gasteiger partial charge in [0.05, 0.1) is 0 Å². The molecule has 0 radical (unpaired) electrons. The summed E-state index contributed by atoms with van der Waals surface area (Å²) in [5, 5.41) is 8.82. The fraction of sp³-hybridized carbons (Fsp3) is 0.417. The molecule has 1 heterocycles. The Labute approximate surface area is 94.5 Å². The van der Waals surface area contributed by atoms with Gasteiger partial charge in [0.15, 0.2) is 5.58 Å². The second kappa shape index (κ2) is 4.99. The van der Waals surface area contributed by atoms with Crippen LogP contribution in [0, 0.1) is 0 Å². The quantitative estimate of drug-likeness (QED) is 0.837. The second-order valence-electron chi connectivity index (χ2n) is 3.62. The van der Waals surface area contributed by atoms with E-state index in [-0.39, 0.29) is 6.61 Å². The zero-order chi connectivity index (χ0) is 11.4. The molecule has 86 valence electrons. The number of nitrogens with zero attached hydrogens (tertiary/aromatic N) is 2. The number of rotatable bonds is 5. The Balaban J connectivity index is 2.23. The molecule has 0 aliphatic carbocycles. The SMILES string of the molecule is CCN(CCCO)c1nc2ccccc2o1. The van der Waals surface area contributed by atoms with Gasteiger partial charge in [0.2, 0.25) is 0 Å². The second-order valence-corrected chi connectivity index (χ2v) is 3.62. The summed E-state index contributed by atoms with van der Waals surface area (Å²) < 4.78 is 5.65. The van der Waals surface area contributed by atoms with Crippen molar-refractivity contribution in [2.75, 3.05) is 24.6 Å². The first-order valence-corrected chi connectivity index (χ1v) is 5.56. The van der Waals surface area contributed by atoms with Crippen molar-refractivity contribution in [3.05, 3.63) is 24.3 Å². The maximum Gasteiger partial charge on any atom is 0.298 e. The lowest BCUT2D eigenvalue weighted by atomic mass is 10.3. The highest BCUT2D eigenvalue weighted by Gasteiger charge is 2.11. The van der Waals surface area contributed by atoms with Gasteiger partial charge in [-0.25, -0.2) is 0 Å². The van der Waals surface area contributed by atoms with Gasteiger partial charge in [0.1, 0.15) is 5.52 Å². The molecule has 1 aromatic carbocycles. The number of oxazole rings is 1. The van der Waals surface area contributed by atoms with Gasteiger partial charge in [-0.3, -0.25) is 0 Å². The van der Waals surface area contributed by atoms with Crippen LogP contribution in [0.1, 0.15) is 13.3 Å². The molecule has 2 rings (SSSR count). The van der Waals surface area contributed by atoms with Crippen molar-refractivity contribution < 1.29 is 9.52 Å². The molecule has 2 aromatic rings. The minimum Gasteiger partial charge on any atom is -0.423 e. The Morgan fingerprint density at radius 3 is 2.88 bits per heavy atom. The van der Waals surface area contributed by atoms with E-state index in [0.717, 1.165) is 30.6 Å². The number of hydrogen-bond donors (Lipinski definition) is 1. The molecule has 0 unspecified atom stereocenters. The van der Waals surface area contributed by atoms with E-state index >= 15 is 0 Å². The molecule has 0 spiro atoms. The van der Waals surface area contributed by atoms with E-state index in [9.17, 15) is 0 Å². The Bertz CT molecular complexity index is 420. The van der Waals surface area contributed by atoms with Crippen LogP contribution in [0.4, 0.5) is 6.01 Å². The number of aromatic nitrogens is 1. The number of hydrogen-bond acceptors (Lipinski definition) is 4. The van der Waals surface area contributed by atoms with E-state index < -0.39 is 0 Å². The summed E-state index contributed by atoms with van der Waals surface area (Å²) in [7, 11) is 0. The first kappa shape index (κ1) is 11.0. The van der Waals surface area contributed by atoms with E-state index in [1.54, 1.807) is 0 Å². The average Bonchev–Trinajstić information content (AvgIpc) is 2.73. The van der Waals surface area contributed by atoms with E-state index in [1.165, 1.54) is 0 Å². The number of fused-ring (bicyclic) bond motifs is 1. The van der Waals surface area contributed by atoms with Gasteiger partial charge < -0.3 is 14.4 Å². The third-order valence-corrected chi connectivity index (χ3v) is 2.52. The van der Waals surface area contributed by atoms with Crippen LogP contribution in [-0.2, 0) is 0 Å². The summed E-state index contributed by atoms with van der Waals surface area (Å²) in [6, 6.07) is 8.35. The smallest absolute Gasteiger partial charge is 0.298 e. The van der Waals surface area contributed by atoms with Crippen molar-refractivity contribution >= 4 is 17.1 Å². The van der Waals surface area contributed by atoms with Crippen molar-refractivity contribution in [1.82, 2.24) is 4.98 Å². The Morgan fingerprint density at radius 2 is 2.19 bits per heavy atom. The minimum atomic E-state index is 0.191. The Hall–Kier alpha value is -1.55. The molecule has 4 nitrogen and oxygen atoms in total. The van der Waals surface area contributed by atoms with E-state index in [0.29, 0.717) is 6.01 Å². The lowest BCUT2D eigenvalue weighted by Crippen LogP contribution is -2.24. The van der Waals surface area contributed by atoms with Crippen molar-refractivity contribution in [3.63, 3.8) is 0 Å². The molecular weight excluding hydrogens is 204 g/mol. The van der Waals surface area contributed by atoms with Gasteiger partial charge in [0.25, 0.3) is 6.01 Å². The Kier molecular flexibility index (Phi) is 3.41. The minimum absolute atomic E-state index is 0.191. The highest BCUT2D eigenvalue weighted by molar-refractivity contribution is 5.74. The van der Waals surface area contributed by atoms with Crippen molar-refractivity contribution in [2.45, 2.75) is 13.3 Å². The third-order valence-electron chi connectivity index (χ3n) is 2.52. The molecule has 1 aromatic heterocycles. The van der Waals surface area contributed by atoms with Gasteiger partial charge in [0, 0.05) is 19.7 Å². The van der Waals surface area contributed by atoms with Crippen LogP contribution in [0.15, 0.2) is 28.7 Å². The molecule has 0 saturated carbocycles. The summed E-state index contributed by atoms with van der Waals surface area (Å²) in [5.41, 5.74) is 1.68. The molecule has 1 N–H and O–H groups in total. The standard InChI is InChI=1S/C12H16N2O2/c1-2-14(8-5-9-15)12-13-10-6-3-4-7-11(10)16-12/h3-4,6-7,15H,2,5,8-9H2,1H3. The molecule has 0 bridgehead atoms. The monoisotopic (exact) mass is 220 g/mol. The first-order chi connectivity index (χ1) is 7.85. The fourth-order valence-electron chi connectivity index (χ4n) is 1.65. The van der Waals surface area contributed by atoms with E-state index in [2.05, 4.69) is 4.98 Å². The highest BCUT2D eigenvalue weighted by atomic mass is 16.4. The molecule has 0 fully saturated rings. The molecule has 16 heavy (non-hydrogen) atoms.